The smallest absolute Gasteiger partial charge is 0.258 e. The van der Waals surface area contributed by atoms with E-state index in [4.69, 9.17) is 16.3 Å². The molecule has 0 aliphatic carbocycles. The van der Waals surface area contributed by atoms with Gasteiger partial charge in [-0.1, -0.05) is 39.7 Å². The zero-order valence-electron chi connectivity index (χ0n) is 17.2. The van der Waals surface area contributed by atoms with E-state index >= 15 is 0 Å². The summed E-state index contributed by atoms with van der Waals surface area (Å²) in [5.41, 5.74) is 3.12. The van der Waals surface area contributed by atoms with E-state index in [0.29, 0.717) is 22.9 Å². The number of ether oxygens (including phenoxy) is 1. The van der Waals surface area contributed by atoms with Gasteiger partial charge in [-0.2, -0.15) is 16.9 Å². The van der Waals surface area contributed by atoms with Crippen molar-refractivity contribution >= 4 is 56.9 Å². The van der Waals surface area contributed by atoms with Crippen molar-refractivity contribution in [1.82, 2.24) is 15.1 Å². The standard InChI is InChI=1S/C22H20BrClN4O3S/c1-31-15-5-2-13(3-6-15)9-25-20(29)10-28-21(17-11-32-12-19(17)27-28)26-22(30)16-8-14(23)4-7-18(16)24/h2-8H,9-12H2,1H3,(H,25,29)(H,26,30). The Bertz CT molecular complexity index is 1170. The van der Waals surface area contributed by atoms with Crippen LogP contribution in [0.25, 0.3) is 0 Å². The van der Waals surface area contributed by atoms with E-state index in [1.165, 1.54) is 0 Å². The molecule has 0 bridgehead atoms. The molecule has 2 aromatic carbocycles. The van der Waals surface area contributed by atoms with E-state index in [2.05, 4.69) is 31.7 Å². The second kappa shape index (κ2) is 9.97. The monoisotopic (exact) mass is 534 g/mol. The molecule has 166 valence electrons. The molecule has 7 nitrogen and oxygen atoms in total. The number of aromatic nitrogens is 2. The van der Waals surface area contributed by atoms with Gasteiger partial charge >= 0.3 is 0 Å². The minimum atomic E-state index is -0.351. The minimum Gasteiger partial charge on any atom is -0.497 e. The van der Waals surface area contributed by atoms with Crippen LogP contribution in [0.1, 0.15) is 27.2 Å². The van der Waals surface area contributed by atoms with E-state index in [1.54, 1.807) is 41.8 Å². The number of anilines is 1. The minimum absolute atomic E-state index is 0.00431. The maximum absolute atomic E-state index is 12.9. The van der Waals surface area contributed by atoms with Crippen LogP contribution in [0.2, 0.25) is 5.02 Å². The molecule has 32 heavy (non-hydrogen) atoms. The Labute approximate surface area is 203 Å². The fourth-order valence-corrected chi connectivity index (χ4v) is 4.90. The lowest BCUT2D eigenvalue weighted by molar-refractivity contribution is -0.122. The van der Waals surface area contributed by atoms with Gasteiger partial charge in [-0.05, 0) is 35.9 Å². The quantitative estimate of drug-likeness (QED) is 0.461. The lowest BCUT2D eigenvalue weighted by Crippen LogP contribution is -2.29. The molecule has 0 radical (unpaired) electrons. The highest BCUT2D eigenvalue weighted by molar-refractivity contribution is 9.10. The topological polar surface area (TPSA) is 85.2 Å². The van der Waals surface area contributed by atoms with Gasteiger partial charge in [0.15, 0.2) is 0 Å². The number of nitrogens with one attached hydrogen (secondary N) is 2. The second-order valence-electron chi connectivity index (χ2n) is 7.13. The first-order valence-electron chi connectivity index (χ1n) is 9.77. The van der Waals surface area contributed by atoms with Crippen LogP contribution in [0.15, 0.2) is 46.9 Å². The van der Waals surface area contributed by atoms with Crippen molar-refractivity contribution in [3.05, 3.63) is 74.3 Å². The van der Waals surface area contributed by atoms with Crippen molar-refractivity contribution in [2.45, 2.75) is 24.6 Å². The molecule has 0 saturated carbocycles. The Morgan fingerprint density at radius 3 is 2.75 bits per heavy atom. The van der Waals surface area contributed by atoms with Crippen LogP contribution in [-0.4, -0.2) is 28.7 Å². The Morgan fingerprint density at radius 1 is 1.22 bits per heavy atom. The zero-order valence-corrected chi connectivity index (χ0v) is 20.3. The normalized spacial score (nSPS) is 12.3. The summed E-state index contributed by atoms with van der Waals surface area (Å²) in [6.07, 6.45) is 0. The van der Waals surface area contributed by atoms with Crippen LogP contribution in [-0.2, 0) is 29.4 Å². The molecule has 2 amide bonds. The molecular weight excluding hydrogens is 516 g/mol. The number of carbonyl (C=O) groups is 2. The lowest BCUT2D eigenvalue weighted by Gasteiger charge is -2.12. The van der Waals surface area contributed by atoms with E-state index in [1.807, 2.05) is 24.3 Å². The maximum atomic E-state index is 12.9. The van der Waals surface area contributed by atoms with Gasteiger partial charge in [0.1, 0.15) is 18.1 Å². The molecule has 0 saturated heterocycles. The van der Waals surface area contributed by atoms with Crippen molar-refractivity contribution in [1.29, 1.82) is 0 Å². The van der Waals surface area contributed by atoms with E-state index in [0.717, 1.165) is 38.5 Å². The van der Waals surface area contributed by atoms with Gasteiger partial charge in [0.2, 0.25) is 5.91 Å². The number of methoxy groups -OCH3 is 1. The van der Waals surface area contributed by atoms with Crippen molar-refractivity contribution in [2.75, 3.05) is 12.4 Å². The molecule has 3 aromatic rings. The SMILES string of the molecule is COc1ccc(CNC(=O)Cn2nc3c(c2NC(=O)c2cc(Br)ccc2Cl)CSC3)cc1. The molecule has 0 fully saturated rings. The summed E-state index contributed by atoms with van der Waals surface area (Å²) in [6, 6.07) is 12.6. The number of benzene rings is 2. The van der Waals surface area contributed by atoms with Crippen molar-refractivity contribution < 1.29 is 14.3 Å². The molecule has 2 heterocycles. The molecule has 1 aliphatic rings. The van der Waals surface area contributed by atoms with E-state index < -0.39 is 0 Å². The Kier molecular flexibility index (Phi) is 7.07. The molecule has 1 aliphatic heterocycles. The highest BCUT2D eigenvalue weighted by Gasteiger charge is 2.25. The number of carbonyl (C=O) groups excluding carboxylic acids is 2. The summed E-state index contributed by atoms with van der Waals surface area (Å²) in [4.78, 5) is 25.5. The largest absolute Gasteiger partial charge is 0.497 e. The summed E-state index contributed by atoms with van der Waals surface area (Å²) in [7, 11) is 1.61. The number of thioether (sulfide) groups is 1. The third kappa shape index (κ3) is 5.11. The second-order valence-corrected chi connectivity index (χ2v) is 9.44. The average Bonchev–Trinajstić information content (AvgIpc) is 3.36. The number of hydrogen-bond acceptors (Lipinski definition) is 5. The van der Waals surface area contributed by atoms with E-state index in [-0.39, 0.29) is 18.4 Å². The molecule has 10 heteroatoms. The third-order valence-electron chi connectivity index (χ3n) is 4.97. The first-order chi connectivity index (χ1) is 15.4. The molecule has 1 aromatic heterocycles. The van der Waals surface area contributed by atoms with Gasteiger partial charge < -0.3 is 15.4 Å². The fourth-order valence-electron chi connectivity index (χ4n) is 3.30. The highest BCUT2D eigenvalue weighted by atomic mass is 79.9. The van der Waals surface area contributed by atoms with Crippen LogP contribution < -0.4 is 15.4 Å². The summed E-state index contributed by atoms with van der Waals surface area (Å²) >= 11 is 11.3. The number of rotatable bonds is 7. The number of hydrogen-bond donors (Lipinski definition) is 2. The molecule has 2 N–H and O–H groups in total. The number of fused-ring (bicyclic) bond motifs is 1. The van der Waals surface area contributed by atoms with Gasteiger partial charge in [-0.25, -0.2) is 4.68 Å². The molecule has 0 unspecified atom stereocenters. The average molecular weight is 536 g/mol. The predicted octanol–water partition coefficient (Wildman–Crippen LogP) is 4.62. The Hall–Kier alpha value is -2.49. The van der Waals surface area contributed by atoms with Gasteiger partial charge in [0.05, 0.1) is 23.4 Å². The molecule has 4 rings (SSSR count). The van der Waals surface area contributed by atoms with Crippen molar-refractivity contribution in [3.8, 4) is 5.75 Å². The Balaban J connectivity index is 1.47. The van der Waals surface area contributed by atoms with Crippen molar-refractivity contribution in [2.24, 2.45) is 0 Å². The predicted molar refractivity (Wildman–Crippen MR) is 129 cm³/mol. The molecule has 0 atom stereocenters. The number of nitrogens with zero attached hydrogens (tertiary/aromatic N) is 2. The number of amides is 2. The third-order valence-corrected chi connectivity index (χ3v) is 6.76. The van der Waals surface area contributed by atoms with Crippen LogP contribution in [0.4, 0.5) is 5.82 Å². The highest BCUT2D eigenvalue weighted by Crippen LogP contribution is 2.35. The molecular formula is C22H20BrClN4O3S. The maximum Gasteiger partial charge on any atom is 0.258 e. The van der Waals surface area contributed by atoms with Crippen LogP contribution >= 0.6 is 39.3 Å². The summed E-state index contributed by atoms with van der Waals surface area (Å²) in [5, 5.41) is 10.7. The van der Waals surface area contributed by atoms with E-state index in [9.17, 15) is 9.59 Å². The van der Waals surface area contributed by atoms with Gasteiger partial charge in [-0.3, -0.25) is 9.59 Å². The molecule has 0 spiro atoms. The summed E-state index contributed by atoms with van der Waals surface area (Å²) in [6.45, 7) is 0.380. The zero-order chi connectivity index (χ0) is 22.7. The Morgan fingerprint density at radius 2 is 2.00 bits per heavy atom. The van der Waals surface area contributed by atoms with Crippen molar-refractivity contribution in [3.63, 3.8) is 0 Å². The van der Waals surface area contributed by atoms with Crippen LogP contribution in [0, 0.1) is 0 Å². The number of halogens is 2. The lowest BCUT2D eigenvalue weighted by atomic mass is 10.2. The fraction of sp³-hybridized carbons (Fsp3) is 0.227. The van der Waals surface area contributed by atoms with Gasteiger partial charge in [-0.15, -0.1) is 0 Å². The van der Waals surface area contributed by atoms with Crippen LogP contribution in [0.5, 0.6) is 5.75 Å². The first-order valence-corrected chi connectivity index (χ1v) is 12.1. The van der Waals surface area contributed by atoms with Gasteiger partial charge in [0.25, 0.3) is 5.91 Å². The van der Waals surface area contributed by atoms with Gasteiger partial charge in [0, 0.05) is 28.1 Å². The summed E-state index contributed by atoms with van der Waals surface area (Å²) < 4.78 is 7.45. The van der Waals surface area contributed by atoms with Crippen LogP contribution in [0.3, 0.4) is 0 Å². The summed E-state index contributed by atoms with van der Waals surface area (Å²) in [5.74, 6) is 2.21. The first kappa shape index (κ1) is 22.7.